The maximum atomic E-state index is 7.17. The van der Waals surface area contributed by atoms with Gasteiger partial charge in [0.15, 0.2) is 0 Å². The van der Waals surface area contributed by atoms with Crippen molar-refractivity contribution in [1.29, 1.82) is 0 Å². The standard InChI is InChI=1S/C14H26N3/c1-4-11-16-14(9-7-8-10-15)17(12-5-2)13-6-3/h4-6,14-16H,1-3,7-13H2. The lowest BCUT2D eigenvalue weighted by Gasteiger charge is -2.30. The Labute approximate surface area is 106 Å². The molecule has 3 heteroatoms. The van der Waals surface area contributed by atoms with E-state index in [4.69, 9.17) is 5.73 Å². The van der Waals surface area contributed by atoms with Crippen LogP contribution >= 0.6 is 0 Å². The van der Waals surface area contributed by atoms with E-state index in [1.165, 1.54) is 0 Å². The molecule has 0 spiro atoms. The van der Waals surface area contributed by atoms with E-state index in [9.17, 15) is 0 Å². The Hall–Kier alpha value is -0.900. The van der Waals surface area contributed by atoms with Gasteiger partial charge in [-0.15, -0.1) is 19.7 Å². The highest BCUT2D eigenvalue weighted by Gasteiger charge is 2.14. The molecule has 17 heavy (non-hydrogen) atoms. The van der Waals surface area contributed by atoms with Crippen molar-refractivity contribution in [2.45, 2.75) is 25.4 Å². The van der Waals surface area contributed by atoms with Crippen molar-refractivity contribution < 1.29 is 0 Å². The highest BCUT2D eigenvalue weighted by molar-refractivity contribution is 4.85. The summed E-state index contributed by atoms with van der Waals surface area (Å²) >= 11 is 0. The van der Waals surface area contributed by atoms with Crippen molar-refractivity contribution in [2.75, 3.05) is 26.2 Å². The van der Waals surface area contributed by atoms with Crippen LogP contribution < -0.4 is 11.1 Å². The van der Waals surface area contributed by atoms with Crippen LogP contribution in [0.2, 0.25) is 0 Å². The van der Waals surface area contributed by atoms with Gasteiger partial charge in [0.05, 0.1) is 6.17 Å². The first kappa shape index (κ1) is 16.1. The zero-order chi connectivity index (χ0) is 12.9. The van der Waals surface area contributed by atoms with Crippen LogP contribution in [0, 0.1) is 0 Å². The molecule has 97 valence electrons. The predicted octanol–water partition coefficient (Wildman–Crippen LogP) is 2.22. The van der Waals surface area contributed by atoms with Gasteiger partial charge < -0.3 is 0 Å². The van der Waals surface area contributed by atoms with Gasteiger partial charge in [0.25, 0.3) is 0 Å². The van der Waals surface area contributed by atoms with Crippen LogP contribution in [0.5, 0.6) is 0 Å². The van der Waals surface area contributed by atoms with Crippen molar-refractivity contribution in [3.8, 4) is 0 Å². The van der Waals surface area contributed by atoms with Gasteiger partial charge in [-0.2, -0.15) is 0 Å². The monoisotopic (exact) mass is 236 g/mol. The fourth-order valence-corrected chi connectivity index (χ4v) is 1.76. The second-order valence-corrected chi connectivity index (χ2v) is 3.99. The summed E-state index contributed by atoms with van der Waals surface area (Å²) in [6, 6.07) is 0. The van der Waals surface area contributed by atoms with E-state index < -0.39 is 0 Å². The highest BCUT2D eigenvalue weighted by Crippen LogP contribution is 2.06. The van der Waals surface area contributed by atoms with Gasteiger partial charge >= 0.3 is 0 Å². The van der Waals surface area contributed by atoms with E-state index in [0.717, 1.165) is 38.9 Å². The minimum absolute atomic E-state index is 0.315. The first-order valence-corrected chi connectivity index (χ1v) is 6.24. The fraction of sp³-hybridized carbons (Fsp3) is 0.571. The summed E-state index contributed by atoms with van der Waals surface area (Å²) in [5, 5.41) is 3.45. The summed E-state index contributed by atoms with van der Waals surface area (Å²) in [6.45, 7) is 14.3. The Morgan fingerprint density at radius 3 is 2.18 bits per heavy atom. The smallest absolute Gasteiger partial charge is 0.0605 e. The van der Waals surface area contributed by atoms with E-state index in [1.807, 2.05) is 18.2 Å². The van der Waals surface area contributed by atoms with Gasteiger partial charge in [-0.05, 0) is 19.3 Å². The largest absolute Gasteiger partial charge is 0.298 e. The Bertz CT molecular complexity index is 204. The lowest BCUT2D eigenvalue weighted by molar-refractivity contribution is 0.191. The quantitative estimate of drug-likeness (QED) is 0.320. The van der Waals surface area contributed by atoms with Crippen LogP contribution in [0.25, 0.3) is 0 Å². The first-order valence-electron chi connectivity index (χ1n) is 6.24. The number of unbranched alkanes of at least 4 members (excludes halogenated alkanes) is 1. The van der Waals surface area contributed by atoms with Crippen LogP contribution in [0.15, 0.2) is 38.0 Å². The fourth-order valence-electron chi connectivity index (χ4n) is 1.76. The zero-order valence-corrected chi connectivity index (χ0v) is 10.8. The SMILES string of the molecule is C=CCNC(CCCC[NH])N(CC=C)CC=C. The molecule has 0 aliphatic carbocycles. The van der Waals surface area contributed by atoms with Crippen LogP contribution in [-0.4, -0.2) is 37.2 Å². The number of nitrogens with zero attached hydrogens (tertiary/aromatic N) is 1. The molecule has 2 N–H and O–H groups in total. The van der Waals surface area contributed by atoms with Gasteiger partial charge in [-0.25, -0.2) is 0 Å². The molecule has 0 fully saturated rings. The van der Waals surface area contributed by atoms with E-state index >= 15 is 0 Å². The Morgan fingerprint density at radius 1 is 1.06 bits per heavy atom. The molecule has 0 rings (SSSR count). The van der Waals surface area contributed by atoms with Crippen LogP contribution in [0.3, 0.4) is 0 Å². The molecule has 0 aromatic carbocycles. The van der Waals surface area contributed by atoms with Crippen molar-refractivity contribution in [3.63, 3.8) is 0 Å². The summed E-state index contributed by atoms with van der Waals surface area (Å²) in [7, 11) is 0. The molecule has 0 aromatic heterocycles. The molecule has 3 nitrogen and oxygen atoms in total. The van der Waals surface area contributed by atoms with Gasteiger partial charge in [0.1, 0.15) is 0 Å². The minimum Gasteiger partial charge on any atom is -0.298 e. The molecule has 1 unspecified atom stereocenters. The summed E-state index contributed by atoms with van der Waals surface area (Å²) in [5.41, 5.74) is 7.17. The maximum absolute atomic E-state index is 7.17. The van der Waals surface area contributed by atoms with E-state index in [0.29, 0.717) is 12.7 Å². The number of nitrogens with one attached hydrogen (secondary N) is 2. The summed E-state index contributed by atoms with van der Waals surface area (Å²) < 4.78 is 0. The summed E-state index contributed by atoms with van der Waals surface area (Å²) in [5.74, 6) is 0. The summed E-state index contributed by atoms with van der Waals surface area (Å²) in [4.78, 5) is 2.30. The molecule has 0 aromatic rings. The third-order valence-corrected chi connectivity index (χ3v) is 2.57. The van der Waals surface area contributed by atoms with Crippen LogP contribution in [-0.2, 0) is 0 Å². The van der Waals surface area contributed by atoms with E-state index in [-0.39, 0.29) is 0 Å². The molecule has 0 amide bonds. The Kier molecular flexibility index (Phi) is 11.0. The molecule has 0 heterocycles. The molecular formula is C14H26N3. The lowest BCUT2D eigenvalue weighted by atomic mass is 10.1. The van der Waals surface area contributed by atoms with E-state index in [2.05, 4.69) is 30.0 Å². The average molecular weight is 236 g/mol. The van der Waals surface area contributed by atoms with Gasteiger partial charge in [0.2, 0.25) is 0 Å². The number of hydrogen-bond acceptors (Lipinski definition) is 2. The van der Waals surface area contributed by atoms with Crippen molar-refractivity contribution in [1.82, 2.24) is 16.0 Å². The molecule has 0 aliphatic rings. The van der Waals surface area contributed by atoms with Crippen molar-refractivity contribution in [3.05, 3.63) is 38.0 Å². The molecule has 1 atom stereocenters. The predicted molar refractivity (Wildman–Crippen MR) is 75.8 cm³/mol. The Balaban J connectivity index is 4.29. The number of hydrogen-bond donors (Lipinski definition) is 1. The molecular weight excluding hydrogens is 210 g/mol. The van der Waals surface area contributed by atoms with Crippen LogP contribution in [0.1, 0.15) is 19.3 Å². The average Bonchev–Trinajstić information content (AvgIpc) is 2.33. The molecule has 0 saturated carbocycles. The molecule has 0 bridgehead atoms. The van der Waals surface area contributed by atoms with Gasteiger partial charge in [-0.3, -0.25) is 16.0 Å². The Morgan fingerprint density at radius 2 is 1.71 bits per heavy atom. The maximum Gasteiger partial charge on any atom is 0.0605 e. The third-order valence-electron chi connectivity index (χ3n) is 2.57. The second kappa shape index (κ2) is 11.6. The van der Waals surface area contributed by atoms with E-state index in [1.54, 1.807) is 0 Å². The molecule has 0 saturated heterocycles. The van der Waals surface area contributed by atoms with Crippen molar-refractivity contribution in [2.24, 2.45) is 0 Å². The second-order valence-electron chi connectivity index (χ2n) is 3.99. The summed E-state index contributed by atoms with van der Waals surface area (Å²) in [6.07, 6.45) is 9.10. The van der Waals surface area contributed by atoms with Gasteiger partial charge in [-0.1, -0.05) is 18.2 Å². The van der Waals surface area contributed by atoms with Crippen LogP contribution in [0.4, 0.5) is 0 Å². The first-order chi connectivity index (χ1) is 8.29. The third kappa shape index (κ3) is 7.91. The normalized spacial score (nSPS) is 12.4. The highest BCUT2D eigenvalue weighted by atomic mass is 15.3. The van der Waals surface area contributed by atoms with Crippen molar-refractivity contribution >= 4 is 0 Å². The lowest BCUT2D eigenvalue weighted by Crippen LogP contribution is -2.46. The minimum atomic E-state index is 0.315. The van der Waals surface area contributed by atoms with Gasteiger partial charge in [0, 0.05) is 26.2 Å². The number of rotatable bonds is 12. The topological polar surface area (TPSA) is 39.1 Å². The zero-order valence-electron chi connectivity index (χ0n) is 10.8. The molecule has 0 aliphatic heterocycles. The molecule has 1 radical (unpaired) electrons.